The van der Waals surface area contributed by atoms with Crippen LogP contribution in [0.15, 0.2) is 35.6 Å². The monoisotopic (exact) mass is 332 g/mol. The van der Waals surface area contributed by atoms with Gasteiger partial charge in [0, 0.05) is 24.6 Å². The molecule has 11 nitrogen and oxygen atoms in total. The minimum Gasteiger partial charge on any atom is -0.358 e. The first-order chi connectivity index (χ1) is 11.4. The molecule has 0 saturated carbocycles. The fourth-order valence-corrected chi connectivity index (χ4v) is 1.87. The number of hydrogen-bond acceptors (Lipinski definition) is 7. The predicted octanol–water partition coefficient (Wildman–Crippen LogP) is 1.16. The zero-order valence-corrected chi connectivity index (χ0v) is 12.4. The molecule has 2 aromatic rings. The van der Waals surface area contributed by atoms with Crippen LogP contribution in [0.3, 0.4) is 0 Å². The second kappa shape index (κ2) is 7.09. The number of nitro benzene ring substituents is 1. The van der Waals surface area contributed by atoms with Gasteiger partial charge in [-0.15, -0.1) is 0 Å². The van der Waals surface area contributed by atoms with Crippen LogP contribution in [0.2, 0.25) is 0 Å². The van der Waals surface area contributed by atoms with E-state index < -0.39 is 15.8 Å². The molecule has 24 heavy (non-hydrogen) atoms. The highest BCUT2D eigenvalue weighted by Crippen LogP contribution is 2.13. The Kier molecular flexibility index (Phi) is 4.94. The summed E-state index contributed by atoms with van der Waals surface area (Å²) in [5, 5.41) is 25.2. The minimum absolute atomic E-state index is 0.102. The lowest BCUT2D eigenvalue weighted by Crippen LogP contribution is -2.24. The molecule has 1 N–H and O–H groups in total. The molecule has 0 aliphatic rings. The van der Waals surface area contributed by atoms with Gasteiger partial charge in [0.05, 0.1) is 11.1 Å². The van der Waals surface area contributed by atoms with Crippen molar-refractivity contribution in [2.24, 2.45) is 5.10 Å². The average Bonchev–Trinajstić information content (AvgIpc) is 2.89. The molecule has 0 fully saturated rings. The van der Waals surface area contributed by atoms with Crippen LogP contribution in [0.5, 0.6) is 0 Å². The first-order valence-electron chi connectivity index (χ1n) is 6.61. The van der Waals surface area contributed by atoms with Crippen molar-refractivity contribution in [2.75, 3.05) is 0 Å². The predicted molar refractivity (Wildman–Crippen MR) is 82.5 cm³/mol. The summed E-state index contributed by atoms with van der Waals surface area (Å²) < 4.78 is 1.14. The molecular formula is C13H12N6O5. The maximum absolute atomic E-state index is 11.8. The van der Waals surface area contributed by atoms with Gasteiger partial charge in [-0.25, -0.2) is 15.0 Å². The molecule has 1 heterocycles. The van der Waals surface area contributed by atoms with E-state index in [0.29, 0.717) is 11.4 Å². The number of non-ortho nitro benzene ring substituents is 1. The van der Waals surface area contributed by atoms with Crippen LogP contribution in [0, 0.1) is 27.2 Å². The van der Waals surface area contributed by atoms with Gasteiger partial charge in [-0.1, -0.05) is 12.1 Å². The second-order valence-electron chi connectivity index (χ2n) is 4.65. The highest BCUT2D eigenvalue weighted by Gasteiger charge is 2.19. The first-order valence-corrected chi connectivity index (χ1v) is 6.61. The number of aryl methyl sites for hydroxylation is 1. The molecule has 1 amide bonds. The molecule has 2 rings (SSSR count). The number of rotatable bonds is 6. The summed E-state index contributed by atoms with van der Waals surface area (Å²) >= 11 is 0. The van der Waals surface area contributed by atoms with Gasteiger partial charge in [0.15, 0.2) is 12.4 Å². The van der Waals surface area contributed by atoms with E-state index in [2.05, 4.69) is 15.5 Å². The second-order valence-corrected chi connectivity index (χ2v) is 4.65. The summed E-state index contributed by atoms with van der Waals surface area (Å²) in [7, 11) is 0. The van der Waals surface area contributed by atoms with Crippen LogP contribution in [-0.2, 0) is 11.3 Å². The van der Waals surface area contributed by atoms with Crippen LogP contribution < -0.4 is 5.43 Å². The molecule has 124 valence electrons. The van der Waals surface area contributed by atoms with Gasteiger partial charge in [-0.3, -0.25) is 14.9 Å². The minimum atomic E-state index is -0.639. The Morgan fingerprint density at radius 1 is 1.38 bits per heavy atom. The number of aromatic nitrogens is 2. The Morgan fingerprint density at radius 3 is 2.79 bits per heavy atom. The Labute approximate surface area is 134 Å². The Bertz CT molecular complexity index is 828. The lowest BCUT2D eigenvalue weighted by atomic mass is 10.2. The van der Waals surface area contributed by atoms with Crippen molar-refractivity contribution in [3.63, 3.8) is 0 Å². The number of carbonyl (C=O) groups is 1. The highest BCUT2D eigenvalue weighted by atomic mass is 16.6. The fraction of sp³-hybridized carbons (Fsp3) is 0.154. The molecule has 0 radical (unpaired) electrons. The third kappa shape index (κ3) is 3.97. The molecule has 0 aliphatic carbocycles. The zero-order valence-electron chi connectivity index (χ0n) is 12.4. The van der Waals surface area contributed by atoms with E-state index in [1.165, 1.54) is 31.3 Å². The van der Waals surface area contributed by atoms with E-state index >= 15 is 0 Å². The van der Waals surface area contributed by atoms with E-state index in [4.69, 9.17) is 0 Å². The van der Waals surface area contributed by atoms with Crippen LogP contribution in [0.4, 0.5) is 11.5 Å². The summed E-state index contributed by atoms with van der Waals surface area (Å²) in [6.07, 6.45) is 2.30. The van der Waals surface area contributed by atoms with Crippen molar-refractivity contribution in [3.8, 4) is 0 Å². The summed E-state index contributed by atoms with van der Waals surface area (Å²) in [6.45, 7) is 1.21. The maximum Gasteiger partial charge on any atom is 0.343 e. The van der Waals surface area contributed by atoms with Crippen LogP contribution in [-0.4, -0.2) is 31.5 Å². The summed E-state index contributed by atoms with van der Waals surface area (Å²) in [6, 6.07) is 5.68. The molecule has 0 unspecified atom stereocenters. The summed E-state index contributed by atoms with van der Waals surface area (Å²) in [4.78, 5) is 35.9. The normalized spacial score (nSPS) is 10.7. The van der Waals surface area contributed by atoms with Crippen LogP contribution in [0.25, 0.3) is 0 Å². The lowest BCUT2D eigenvalue weighted by Gasteiger charge is -2.01. The van der Waals surface area contributed by atoms with E-state index in [9.17, 15) is 25.0 Å². The number of imidazole rings is 1. The summed E-state index contributed by atoms with van der Waals surface area (Å²) in [5.41, 5.74) is 2.52. The van der Waals surface area contributed by atoms with Crippen molar-refractivity contribution in [3.05, 3.63) is 62.1 Å². The highest BCUT2D eigenvalue weighted by molar-refractivity contribution is 5.83. The quantitative estimate of drug-likeness (QED) is 0.477. The zero-order chi connectivity index (χ0) is 17.7. The van der Waals surface area contributed by atoms with Gasteiger partial charge in [0.25, 0.3) is 11.6 Å². The Balaban J connectivity index is 2.01. The number of carbonyl (C=O) groups excluding carboxylic acids is 1. The average molecular weight is 332 g/mol. The topological polar surface area (TPSA) is 146 Å². The van der Waals surface area contributed by atoms with Gasteiger partial charge < -0.3 is 10.1 Å². The van der Waals surface area contributed by atoms with Crippen LogP contribution >= 0.6 is 0 Å². The molecule has 0 bridgehead atoms. The number of hydrogen-bond donors (Lipinski definition) is 1. The fourth-order valence-electron chi connectivity index (χ4n) is 1.87. The largest absolute Gasteiger partial charge is 0.358 e. The maximum atomic E-state index is 11.8. The van der Waals surface area contributed by atoms with E-state index in [0.717, 1.165) is 10.8 Å². The number of nitrogens with one attached hydrogen (secondary N) is 1. The number of benzene rings is 1. The number of amides is 1. The number of nitrogens with zero attached hydrogens (tertiary/aromatic N) is 5. The third-order valence-corrected chi connectivity index (χ3v) is 3.01. The number of hydrazone groups is 1. The van der Waals surface area contributed by atoms with Gasteiger partial charge in [0.1, 0.15) is 6.20 Å². The molecule has 1 aromatic heterocycles. The van der Waals surface area contributed by atoms with Gasteiger partial charge in [-0.05, 0) is 4.92 Å². The molecule has 0 saturated heterocycles. The molecule has 0 spiro atoms. The standard InChI is InChI=1S/C13H12N6O5/c1-9-14-7-13(19(23)24)17(9)8-12(20)16-15-6-10-3-2-4-11(5-10)18(21)22/h2-7H,8H2,1H3,(H,16,20)/b15-6+. The SMILES string of the molecule is Cc1ncc([N+](=O)[O-])n1CC(=O)N/N=C/c1cccc([N+](=O)[O-])c1. The summed E-state index contributed by atoms with van der Waals surface area (Å²) in [5.74, 6) is -0.578. The Hall–Kier alpha value is -3.63. The van der Waals surface area contributed by atoms with Gasteiger partial charge in [-0.2, -0.15) is 5.10 Å². The lowest BCUT2D eigenvalue weighted by molar-refractivity contribution is -0.392. The van der Waals surface area contributed by atoms with Crippen molar-refractivity contribution in [2.45, 2.75) is 13.5 Å². The molecule has 0 aliphatic heterocycles. The van der Waals surface area contributed by atoms with Gasteiger partial charge in [0.2, 0.25) is 0 Å². The van der Waals surface area contributed by atoms with E-state index in [-0.39, 0.29) is 18.1 Å². The molecule has 1 aromatic carbocycles. The van der Waals surface area contributed by atoms with Crippen molar-refractivity contribution in [1.82, 2.24) is 15.0 Å². The van der Waals surface area contributed by atoms with E-state index in [1.807, 2.05) is 0 Å². The van der Waals surface area contributed by atoms with E-state index in [1.54, 1.807) is 6.07 Å². The van der Waals surface area contributed by atoms with Crippen molar-refractivity contribution in [1.29, 1.82) is 0 Å². The molecule has 11 heteroatoms. The molecule has 0 atom stereocenters. The first kappa shape index (κ1) is 16.7. The van der Waals surface area contributed by atoms with Crippen molar-refractivity contribution >= 4 is 23.6 Å². The third-order valence-electron chi connectivity index (χ3n) is 3.01. The van der Waals surface area contributed by atoms with Crippen LogP contribution in [0.1, 0.15) is 11.4 Å². The smallest absolute Gasteiger partial charge is 0.343 e. The number of nitro groups is 2. The molecular weight excluding hydrogens is 320 g/mol. The van der Waals surface area contributed by atoms with Crippen molar-refractivity contribution < 1.29 is 14.6 Å². The Morgan fingerprint density at radius 2 is 2.12 bits per heavy atom. The van der Waals surface area contributed by atoms with Gasteiger partial charge >= 0.3 is 5.82 Å².